The van der Waals surface area contributed by atoms with E-state index in [1.807, 2.05) is 24.3 Å². The van der Waals surface area contributed by atoms with Crippen LogP contribution >= 0.6 is 15.9 Å². The minimum Gasteiger partial charge on any atom is -0.467 e. The van der Waals surface area contributed by atoms with Crippen molar-refractivity contribution in [2.75, 3.05) is 12.4 Å². The molecule has 2 rings (SSSR count). The molecule has 1 N–H and O–H groups in total. The van der Waals surface area contributed by atoms with Crippen molar-refractivity contribution in [3.63, 3.8) is 0 Å². The highest BCUT2D eigenvalue weighted by Gasteiger charge is 2.47. The van der Waals surface area contributed by atoms with Crippen molar-refractivity contribution in [2.45, 2.75) is 38.6 Å². The van der Waals surface area contributed by atoms with Crippen LogP contribution in [0.4, 0.5) is 5.69 Å². The van der Waals surface area contributed by atoms with Gasteiger partial charge in [-0.05, 0) is 59.2 Å². The van der Waals surface area contributed by atoms with Gasteiger partial charge in [-0.3, -0.25) is 0 Å². The predicted octanol–water partition coefficient (Wildman–Crippen LogP) is 4.23. The normalized spacial score (nSPS) is 29.8. The van der Waals surface area contributed by atoms with E-state index in [0.717, 1.165) is 29.4 Å². The van der Waals surface area contributed by atoms with E-state index >= 15 is 0 Å². The highest BCUT2D eigenvalue weighted by molar-refractivity contribution is 9.10. The van der Waals surface area contributed by atoms with Crippen LogP contribution in [0.1, 0.15) is 33.1 Å². The first-order valence-electron chi connectivity index (χ1n) is 7.10. The molecule has 1 aliphatic carbocycles. The molecular formula is C16H22BrNO2. The number of methoxy groups -OCH3 is 1. The molecule has 1 saturated carbocycles. The van der Waals surface area contributed by atoms with Crippen LogP contribution in [0.25, 0.3) is 0 Å². The summed E-state index contributed by atoms with van der Waals surface area (Å²) in [5.74, 6) is 0.738. The molecule has 3 nitrogen and oxygen atoms in total. The van der Waals surface area contributed by atoms with Crippen LogP contribution in [-0.2, 0) is 9.53 Å². The zero-order valence-corrected chi connectivity index (χ0v) is 13.9. The molecule has 0 bridgehead atoms. The van der Waals surface area contributed by atoms with Crippen molar-refractivity contribution in [1.82, 2.24) is 0 Å². The summed E-state index contributed by atoms with van der Waals surface area (Å²) >= 11 is 3.54. The van der Waals surface area contributed by atoms with E-state index in [1.54, 1.807) is 0 Å². The van der Waals surface area contributed by atoms with Crippen LogP contribution in [0, 0.1) is 11.8 Å². The maximum atomic E-state index is 12.4. The Labute approximate surface area is 129 Å². The quantitative estimate of drug-likeness (QED) is 0.837. The van der Waals surface area contributed by atoms with Gasteiger partial charge in [0, 0.05) is 10.2 Å². The van der Waals surface area contributed by atoms with E-state index in [4.69, 9.17) is 4.74 Å². The molecule has 4 heteroatoms. The predicted molar refractivity (Wildman–Crippen MR) is 84.7 cm³/mol. The van der Waals surface area contributed by atoms with Gasteiger partial charge in [0.05, 0.1) is 7.11 Å². The number of esters is 1. The Hall–Kier alpha value is -1.03. The van der Waals surface area contributed by atoms with Gasteiger partial charge in [-0.1, -0.05) is 26.0 Å². The molecule has 1 fully saturated rings. The number of halogens is 1. The summed E-state index contributed by atoms with van der Waals surface area (Å²) in [7, 11) is 1.47. The summed E-state index contributed by atoms with van der Waals surface area (Å²) < 4.78 is 6.06. The number of anilines is 1. The lowest BCUT2D eigenvalue weighted by Crippen LogP contribution is -2.55. The molecular weight excluding hydrogens is 318 g/mol. The van der Waals surface area contributed by atoms with Crippen molar-refractivity contribution in [3.05, 3.63) is 28.7 Å². The Morgan fingerprint density at radius 2 is 2.10 bits per heavy atom. The van der Waals surface area contributed by atoms with E-state index in [9.17, 15) is 4.79 Å². The van der Waals surface area contributed by atoms with Gasteiger partial charge in [0.15, 0.2) is 0 Å². The minimum absolute atomic E-state index is 0.160. The Kier molecular flexibility index (Phi) is 4.74. The fourth-order valence-electron chi connectivity index (χ4n) is 3.17. The summed E-state index contributed by atoms with van der Waals surface area (Å²) in [6, 6.07) is 7.89. The summed E-state index contributed by atoms with van der Waals surface area (Å²) in [4.78, 5) is 12.4. The molecule has 0 spiro atoms. The number of carbonyl (C=O) groups is 1. The maximum Gasteiger partial charge on any atom is 0.331 e. The van der Waals surface area contributed by atoms with Crippen molar-refractivity contribution in [3.8, 4) is 0 Å². The number of benzene rings is 1. The second kappa shape index (κ2) is 6.17. The van der Waals surface area contributed by atoms with Crippen LogP contribution < -0.4 is 5.32 Å². The molecule has 0 aromatic heterocycles. The molecule has 0 radical (unpaired) electrons. The largest absolute Gasteiger partial charge is 0.467 e. The zero-order chi connectivity index (χ0) is 14.8. The topological polar surface area (TPSA) is 38.3 Å². The highest BCUT2D eigenvalue weighted by atomic mass is 79.9. The molecule has 0 saturated heterocycles. The van der Waals surface area contributed by atoms with E-state index < -0.39 is 5.54 Å². The number of carbonyl (C=O) groups excluding carboxylic acids is 1. The number of hydrogen-bond acceptors (Lipinski definition) is 3. The monoisotopic (exact) mass is 339 g/mol. The van der Waals surface area contributed by atoms with Gasteiger partial charge in [0.2, 0.25) is 0 Å². The lowest BCUT2D eigenvalue weighted by atomic mass is 9.69. The van der Waals surface area contributed by atoms with Gasteiger partial charge in [-0.25, -0.2) is 4.79 Å². The number of rotatable bonds is 3. The standard InChI is InChI=1S/C16H22BrNO2/c1-11-8-9-16(12(2)10-11,15(19)20-3)18-14-7-5-4-6-13(14)17/h4-7,11-12,18H,8-10H2,1-3H3. The van der Waals surface area contributed by atoms with Gasteiger partial charge in [0.1, 0.15) is 5.54 Å². The Morgan fingerprint density at radius 3 is 2.70 bits per heavy atom. The van der Waals surface area contributed by atoms with E-state index in [0.29, 0.717) is 5.92 Å². The first-order chi connectivity index (χ1) is 9.49. The molecule has 3 unspecified atom stereocenters. The smallest absolute Gasteiger partial charge is 0.331 e. The molecule has 0 amide bonds. The molecule has 3 atom stereocenters. The maximum absolute atomic E-state index is 12.4. The van der Waals surface area contributed by atoms with Gasteiger partial charge in [0.25, 0.3) is 0 Å². The molecule has 1 aromatic carbocycles. The number of hydrogen-bond donors (Lipinski definition) is 1. The van der Waals surface area contributed by atoms with E-state index in [2.05, 4.69) is 35.1 Å². The summed E-state index contributed by atoms with van der Waals surface area (Å²) in [5.41, 5.74) is 0.324. The average Bonchev–Trinajstić information content (AvgIpc) is 2.43. The molecule has 0 heterocycles. The molecule has 1 aliphatic rings. The van der Waals surface area contributed by atoms with E-state index in [1.165, 1.54) is 7.11 Å². The summed E-state index contributed by atoms with van der Waals surface area (Å²) in [6.45, 7) is 4.38. The lowest BCUT2D eigenvalue weighted by molar-refractivity contribution is -0.149. The zero-order valence-electron chi connectivity index (χ0n) is 12.3. The van der Waals surface area contributed by atoms with Crippen LogP contribution in [0.15, 0.2) is 28.7 Å². The first-order valence-corrected chi connectivity index (χ1v) is 7.90. The van der Waals surface area contributed by atoms with Gasteiger partial charge >= 0.3 is 5.97 Å². The third-order valence-electron chi connectivity index (χ3n) is 4.41. The second-order valence-electron chi connectivity index (χ2n) is 5.85. The minimum atomic E-state index is -0.620. The molecule has 1 aromatic rings. The number of ether oxygens (including phenoxy) is 1. The van der Waals surface area contributed by atoms with Crippen LogP contribution in [0.3, 0.4) is 0 Å². The fourth-order valence-corrected chi connectivity index (χ4v) is 3.55. The SMILES string of the molecule is COC(=O)C1(Nc2ccccc2Br)CCC(C)CC1C. The summed E-state index contributed by atoms with van der Waals surface area (Å²) in [5, 5.41) is 3.46. The molecule has 20 heavy (non-hydrogen) atoms. The fraction of sp³-hybridized carbons (Fsp3) is 0.562. The Balaban J connectivity index is 2.33. The van der Waals surface area contributed by atoms with Crippen molar-refractivity contribution in [2.24, 2.45) is 11.8 Å². The van der Waals surface area contributed by atoms with Gasteiger partial charge in [-0.2, -0.15) is 0 Å². The van der Waals surface area contributed by atoms with Crippen molar-refractivity contribution >= 4 is 27.6 Å². The van der Waals surface area contributed by atoms with Crippen LogP contribution in [0.5, 0.6) is 0 Å². The highest BCUT2D eigenvalue weighted by Crippen LogP contribution is 2.41. The van der Waals surface area contributed by atoms with Gasteiger partial charge in [-0.15, -0.1) is 0 Å². The number of nitrogens with one attached hydrogen (secondary N) is 1. The number of para-hydroxylation sites is 1. The van der Waals surface area contributed by atoms with Crippen LogP contribution in [-0.4, -0.2) is 18.6 Å². The molecule has 110 valence electrons. The van der Waals surface area contributed by atoms with Crippen LogP contribution in [0.2, 0.25) is 0 Å². The van der Waals surface area contributed by atoms with Gasteiger partial charge < -0.3 is 10.1 Å². The Bertz CT molecular complexity index is 491. The van der Waals surface area contributed by atoms with E-state index in [-0.39, 0.29) is 11.9 Å². The average molecular weight is 340 g/mol. The third kappa shape index (κ3) is 2.85. The molecule has 0 aliphatic heterocycles. The second-order valence-corrected chi connectivity index (χ2v) is 6.70. The van der Waals surface area contributed by atoms with Crippen molar-refractivity contribution in [1.29, 1.82) is 0 Å². The van der Waals surface area contributed by atoms with Crippen molar-refractivity contribution < 1.29 is 9.53 Å². The Morgan fingerprint density at radius 1 is 1.40 bits per heavy atom. The third-order valence-corrected chi connectivity index (χ3v) is 5.10. The lowest BCUT2D eigenvalue weighted by Gasteiger charge is -2.43. The summed E-state index contributed by atoms with van der Waals surface area (Å²) in [6.07, 6.45) is 2.88. The first kappa shape index (κ1) is 15.4.